The van der Waals surface area contributed by atoms with Gasteiger partial charge >= 0.3 is 0 Å². The molecule has 0 unspecified atom stereocenters. The zero-order valence-electron chi connectivity index (χ0n) is 20.3. The Kier molecular flexibility index (Phi) is 7.86. The van der Waals surface area contributed by atoms with Crippen LogP contribution in [0.3, 0.4) is 0 Å². The molecule has 184 valence electrons. The van der Waals surface area contributed by atoms with E-state index in [1.165, 1.54) is 5.56 Å². The second-order valence-corrected chi connectivity index (χ2v) is 8.99. The van der Waals surface area contributed by atoms with Gasteiger partial charge < -0.3 is 10.6 Å². The van der Waals surface area contributed by atoms with E-state index >= 15 is 0 Å². The van der Waals surface area contributed by atoms with E-state index in [0.29, 0.717) is 16.9 Å². The second-order valence-electron chi connectivity index (χ2n) is 8.61. The first kappa shape index (κ1) is 25.2. The molecule has 0 aromatic heterocycles. The first-order valence-electron chi connectivity index (χ1n) is 12.1. The number of halogens is 1. The lowest BCUT2D eigenvalue weighted by Crippen LogP contribution is -2.32. The van der Waals surface area contributed by atoms with Crippen LogP contribution >= 0.6 is 11.6 Å². The molecule has 4 rings (SSSR count). The van der Waals surface area contributed by atoms with Crippen molar-refractivity contribution in [1.82, 2.24) is 0 Å². The number of nitrogens with zero attached hydrogens (tertiary/aromatic N) is 1. The molecule has 0 fully saturated rings. The van der Waals surface area contributed by atoms with Crippen molar-refractivity contribution >= 4 is 46.4 Å². The first-order valence-corrected chi connectivity index (χ1v) is 12.4. The molecule has 0 bridgehead atoms. The van der Waals surface area contributed by atoms with Gasteiger partial charge in [0.2, 0.25) is 0 Å². The van der Waals surface area contributed by atoms with E-state index in [1.807, 2.05) is 43.3 Å². The number of hydrogen-bond acceptors (Lipinski definition) is 4. The quantitative estimate of drug-likeness (QED) is 0.338. The molecule has 2 N–H and O–H groups in total. The summed E-state index contributed by atoms with van der Waals surface area (Å²) in [5.74, 6) is -1.35. The van der Waals surface area contributed by atoms with Crippen molar-refractivity contribution in [3.05, 3.63) is 100 Å². The summed E-state index contributed by atoms with van der Waals surface area (Å²) in [5, 5.41) is 5.65. The maximum atomic E-state index is 13.0. The van der Waals surface area contributed by atoms with E-state index in [2.05, 4.69) is 17.6 Å². The molecular formula is C29H28ClN3O3. The fraction of sp³-hybridized carbons (Fsp3) is 0.207. The lowest BCUT2D eigenvalue weighted by Gasteiger charge is -2.15. The van der Waals surface area contributed by atoms with E-state index < -0.39 is 11.8 Å². The van der Waals surface area contributed by atoms with Crippen LogP contribution in [0.5, 0.6) is 0 Å². The number of imide groups is 1. The Hall–Kier alpha value is -3.90. The Morgan fingerprint density at radius 1 is 0.806 bits per heavy atom. The maximum absolute atomic E-state index is 13.0. The van der Waals surface area contributed by atoms with E-state index in [-0.39, 0.29) is 16.6 Å². The second kappa shape index (κ2) is 11.2. The number of anilines is 3. The number of carbonyl (C=O) groups excluding carboxylic acids is 3. The highest BCUT2D eigenvalue weighted by molar-refractivity contribution is 6.53. The first-order chi connectivity index (χ1) is 17.4. The number of rotatable bonds is 9. The third-order valence-corrected chi connectivity index (χ3v) is 6.43. The largest absolute Gasteiger partial charge is 0.350 e. The fourth-order valence-corrected chi connectivity index (χ4v) is 4.13. The van der Waals surface area contributed by atoms with Crippen LogP contribution in [0.4, 0.5) is 17.1 Å². The van der Waals surface area contributed by atoms with Crippen LogP contribution in [0.25, 0.3) is 0 Å². The molecule has 0 spiro atoms. The summed E-state index contributed by atoms with van der Waals surface area (Å²) < 4.78 is 0. The Morgan fingerprint density at radius 3 is 2.03 bits per heavy atom. The Labute approximate surface area is 216 Å². The number of nitrogens with one attached hydrogen (secondary N) is 2. The van der Waals surface area contributed by atoms with Crippen LogP contribution in [-0.2, 0) is 22.4 Å². The van der Waals surface area contributed by atoms with Gasteiger partial charge in [0.15, 0.2) is 0 Å². The van der Waals surface area contributed by atoms with Crippen LogP contribution in [0.1, 0.15) is 48.2 Å². The summed E-state index contributed by atoms with van der Waals surface area (Å²) in [5.41, 5.74) is 4.52. The number of aryl methyl sites for hydroxylation is 2. The molecule has 0 radical (unpaired) electrons. The molecule has 0 aliphatic carbocycles. The summed E-state index contributed by atoms with van der Waals surface area (Å²) in [6, 6.07) is 21.7. The molecule has 0 saturated heterocycles. The molecular weight excluding hydrogens is 474 g/mol. The molecule has 0 saturated carbocycles. The smallest absolute Gasteiger partial charge is 0.283 e. The minimum absolute atomic E-state index is 0.00148. The third-order valence-electron chi connectivity index (χ3n) is 6.08. The molecule has 1 heterocycles. The van der Waals surface area contributed by atoms with Crippen LogP contribution in [0, 0.1) is 0 Å². The topological polar surface area (TPSA) is 78.5 Å². The maximum Gasteiger partial charge on any atom is 0.283 e. The van der Waals surface area contributed by atoms with Gasteiger partial charge in [0.1, 0.15) is 10.7 Å². The summed E-state index contributed by atoms with van der Waals surface area (Å²) in [6.45, 7) is 4.19. The number of hydrogen-bond donors (Lipinski definition) is 2. The highest BCUT2D eigenvalue weighted by Crippen LogP contribution is 2.30. The van der Waals surface area contributed by atoms with E-state index in [1.54, 1.807) is 36.4 Å². The van der Waals surface area contributed by atoms with Crippen LogP contribution in [0.2, 0.25) is 0 Å². The summed E-state index contributed by atoms with van der Waals surface area (Å²) >= 11 is 6.23. The number of unbranched alkanes of at least 4 members (excludes halogenated alkanes) is 1. The fourth-order valence-electron chi connectivity index (χ4n) is 3.91. The molecule has 1 aliphatic heterocycles. The Bertz CT molecular complexity index is 1300. The molecule has 3 aromatic rings. The van der Waals surface area contributed by atoms with Crippen LogP contribution < -0.4 is 15.5 Å². The van der Waals surface area contributed by atoms with E-state index in [4.69, 9.17) is 11.6 Å². The lowest BCUT2D eigenvalue weighted by molar-refractivity contribution is -0.120. The van der Waals surface area contributed by atoms with Crippen molar-refractivity contribution in [3.8, 4) is 0 Å². The zero-order valence-corrected chi connectivity index (χ0v) is 21.1. The standard InChI is InChI=1S/C29H28ClN3O3/c1-3-5-6-20-7-13-23(14-8-20)32-27(34)21-11-15-22(16-12-21)31-26-25(30)28(35)33(29(26)36)24-17-9-19(4-2)10-18-24/h7-18,31H,3-6H2,1-2H3,(H,32,34). The van der Waals surface area contributed by atoms with Gasteiger partial charge in [-0.15, -0.1) is 0 Å². The molecule has 7 heteroatoms. The Balaban J connectivity index is 1.41. The molecule has 6 nitrogen and oxygen atoms in total. The predicted molar refractivity (Wildman–Crippen MR) is 144 cm³/mol. The van der Waals surface area contributed by atoms with Crippen molar-refractivity contribution in [1.29, 1.82) is 0 Å². The molecule has 3 aromatic carbocycles. The van der Waals surface area contributed by atoms with Gasteiger partial charge in [-0.1, -0.05) is 56.1 Å². The summed E-state index contributed by atoms with van der Waals surface area (Å²) in [7, 11) is 0. The number of amides is 3. The van der Waals surface area contributed by atoms with E-state index in [0.717, 1.165) is 41.8 Å². The molecule has 1 aliphatic rings. The minimum Gasteiger partial charge on any atom is -0.350 e. The normalized spacial score (nSPS) is 13.4. The Morgan fingerprint density at radius 2 is 1.42 bits per heavy atom. The lowest BCUT2D eigenvalue weighted by atomic mass is 10.1. The average Bonchev–Trinajstić information content (AvgIpc) is 3.11. The summed E-state index contributed by atoms with van der Waals surface area (Å²) in [6.07, 6.45) is 4.16. The number of benzene rings is 3. The van der Waals surface area contributed by atoms with Crippen molar-refractivity contribution in [2.45, 2.75) is 39.5 Å². The average molecular weight is 502 g/mol. The summed E-state index contributed by atoms with van der Waals surface area (Å²) in [4.78, 5) is 39.4. The van der Waals surface area contributed by atoms with Gasteiger partial charge in [-0.3, -0.25) is 14.4 Å². The molecule has 36 heavy (non-hydrogen) atoms. The number of carbonyl (C=O) groups is 3. The van der Waals surface area contributed by atoms with Gasteiger partial charge in [-0.2, -0.15) is 0 Å². The van der Waals surface area contributed by atoms with Gasteiger partial charge in [0.05, 0.1) is 5.69 Å². The van der Waals surface area contributed by atoms with Crippen molar-refractivity contribution < 1.29 is 14.4 Å². The molecule has 0 atom stereocenters. The van der Waals surface area contributed by atoms with Gasteiger partial charge in [-0.25, -0.2) is 4.90 Å². The van der Waals surface area contributed by atoms with Crippen molar-refractivity contribution in [2.24, 2.45) is 0 Å². The molecule has 3 amide bonds. The van der Waals surface area contributed by atoms with Gasteiger partial charge in [-0.05, 0) is 78.9 Å². The van der Waals surface area contributed by atoms with Crippen molar-refractivity contribution in [2.75, 3.05) is 15.5 Å². The van der Waals surface area contributed by atoms with Gasteiger partial charge in [0.25, 0.3) is 17.7 Å². The van der Waals surface area contributed by atoms with Gasteiger partial charge in [0, 0.05) is 16.9 Å². The predicted octanol–water partition coefficient (Wildman–Crippen LogP) is 6.28. The van der Waals surface area contributed by atoms with Crippen molar-refractivity contribution in [3.63, 3.8) is 0 Å². The SMILES string of the molecule is CCCCc1ccc(NC(=O)c2ccc(NC3=C(Cl)C(=O)N(c4ccc(CC)cc4)C3=O)cc2)cc1. The highest BCUT2D eigenvalue weighted by Gasteiger charge is 2.38. The minimum atomic E-state index is -0.579. The highest BCUT2D eigenvalue weighted by atomic mass is 35.5. The monoisotopic (exact) mass is 501 g/mol. The van der Waals surface area contributed by atoms with Crippen LogP contribution in [0.15, 0.2) is 83.5 Å². The van der Waals surface area contributed by atoms with E-state index in [9.17, 15) is 14.4 Å². The van der Waals surface area contributed by atoms with Crippen LogP contribution in [-0.4, -0.2) is 17.7 Å². The third kappa shape index (κ3) is 5.50. The zero-order chi connectivity index (χ0) is 25.7.